The Labute approximate surface area is 140 Å². The van der Waals surface area contributed by atoms with Crippen LogP contribution in [0.25, 0.3) is 0 Å². The van der Waals surface area contributed by atoms with Gasteiger partial charge >= 0.3 is 0 Å². The molecule has 4 nitrogen and oxygen atoms in total. The summed E-state index contributed by atoms with van der Waals surface area (Å²) in [6.45, 7) is 11.9. The molecule has 3 unspecified atom stereocenters. The fraction of sp³-hybridized carbons (Fsp3) is 0.789. The second kappa shape index (κ2) is 5.91. The zero-order chi connectivity index (χ0) is 16.9. The summed E-state index contributed by atoms with van der Waals surface area (Å²) in [5.41, 5.74) is 1.48. The van der Waals surface area contributed by atoms with E-state index >= 15 is 0 Å². The normalized spacial score (nSPS) is 35.9. The first kappa shape index (κ1) is 17.0. The SMILES string of the molecule is Cc1cc(C(C)N[C@@H]2CC3(C[C@H]2O)CN(C)C3C(C)C)oc1C. The lowest BCUT2D eigenvalue weighted by atomic mass is 9.66. The minimum atomic E-state index is -0.260. The number of furan rings is 1. The van der Waals surface area contributed by atoms with E-state index in [1.807, 2.05) is 6.92 Å². The van der Waals surface area contributed by atoms with E-state index in [9.17, 15) is 5.11 Å². The van der Waals surface area contributed by atoms with E-state index in [1.165, 1.54) is 5.56 Å². The van der Waals surface area contributed by atoms with Crippen molar-refractivity contribution in [2.24, 2.45) is 11.3 Å². The standard InChI is InChI=1S/C19H32N2O2/c1-11(2)18-19(10-21(18)6)8-15(16(22)9-19)20-13(4)17-7-12(3)14(5)23-17/h7,11,13,15-16,18,20,22H,8-10H2,1-6H3/t13?,15-,16-,18?,19?/m1/s1. The smallest absolute Gasteiger partial charge is 0.121 e. The Kier molecular flexibility index (Phi) is 4.36. The average Bonchev–Trinajstić information content (AvgIpc) is 2.91. The van der Waals surface area contributed by atoms with Gasteiger partial charge in [-0.1, -0.05) is 13.8 Å². The maximum atomic E-state index is 10.6. The second-order valence-electron chi connectivity index (χ2n) is 8.32. The quantitative estimate of drug-likeness (QED) is 0.895. The van der Waals surface area contributed by atoms with Crippen molar-refractivity contribution in [1.29, 1.82) is 0 Å². The van der Waals surface area contributed by atoms with E-state index in [0.29, 0.717) is 12.0 Å². The van der Waals surface area contributed by atoms with Crippen molar-refractivity contribution in [1.82, 2.24) is 10.2 Å². The van der Waals surface area contributed by atoms with Crippen LogP contribution < -0.4 is 5.32 Å². The lowest BCUT2D eigenvalue weighted by molar-refractivity contribution is -0.0828. The predicted octanol–water partition coefficient (Wildman–Crippen LogP) is 3.03. The van der Waals surface area contributed by atoms with Crippen molar-refractivity contribution in [2.75, 3.05) is 13.6 Å². The fourth-order valence-corrected chi connectivity index (χ4v) is 5.23. The number of rotatable bonds is 4. The van der Waals surface area contributed by atoms with Gasteiger partial charge in [-0.05, 0) is 58.2 Å². The highest BCUT2D eigenvalue weighted by Gasteiger charge is 2.58. The first-order chi connectivity index (χ1) is 10.7. The van der Waals surface area contributed by atoms with Crippen molar-refractivity contribution in [3.05, 3.63) is 23.2 Å². The van der Waals surface area contributed by atoms with E-state index < -0.39 is 0 Å². The van der Waals surface area contributed by atoms with Gasteiger partial charge in [0.15, 0.2) is 0 Å². The maximum Gasteiger partial charge on any atom is 0.121 e. The van der Waals surface area contributed by atoms with Crippen LogP contribution in [0.3, 0.4) is 0 Å². The van der Waals surface area contributed by atoms with E-state index in [-0.39, 0.29) is 23.6 Å². The zero-order valence-electron chi connectivity index (χ0n) is 15.4. The van der Waals surface area contributed by atoms with Crippen LogP contribution in [0.1, 0.15) is 56.7 Å². The zero-order valence-corrected chi connectivity index (χ0v) is 15.4. The summed E-state index contributed by atoms with van der Waals surface area (Å²) >= 11 is 0. The number of hydrogen-bond acceptors (Lipinski definition) is 4. The molecule has 23 heavy (non-hydrogen) atoms. The molecule has 1 aromatic rings. The van der Waals surface area contributed by atoms with Crippen LogP contribution in [-0.2, 0) is 0 Å². The topological polar surface area (TPSA) is 48.6 Å². The van der Waals surface area contributed by atoms with Crippen molar-refractivity contribution in [3.63, 3.8) is 0 Å². The van der Waals surface area contributed by atoms with Gasteiger partial charge < -0.3 is 19.7 Å². The molecule has 1 aromatic heterocycles. The number of nitrogens with one attached hydrogen (secondary N) is 1. The van der Waals surface area contributed by atoms with Gasteiger partial charge in [0, 0.05) is 24.0 Å². The molecule has 2 aliphatic rings. The molecule has 0 aromatic carbocycles. The molecule has 1 saturated heterocycles. The Morgan fingerprint density at radius 3 is 2.52 bits per heavy atom. The van der Waals surface area contributed by atoms with Gasteiger partial charge in [-0.3, -0.25) is 0 Å². The van der Waals surface area contributed by atoms with Gasteiger partial charge in [-0.25, -0.2) is 0 Å². The Morgan fingerprint density at radius 1 is 1.30 bits per heavy atom. The van der Waals surface area contributed by atoms with Gasteiger partial charge in [0.05, 0.1) is 12.1 Å². The molecule has 130 valence electrons. The molecule has 0 amide bonds. The molecule has 1 aliphatic heterocycles. The Hall–Kier alpha value is -0.840. The Morgan fingerprint density at radius 2 is 2.00 bits per heavy atom. The second-order valence-corrected chi connectivity index (χ2v) is 8.32. The Balaban J connectivity index is 1.68. The molecule has 2 heterocycles. The molecule has 0 radical (unpaired) electrons. The molecule has 2 fully saturated rings. The van der Waals surface area contributed by atoms with E-state index in [2.05, 4.69) is 51.0 Å². The van der Waals surface area contributed by atoms with Crippen molar-refractivity contribution < 1.29 is 9.52 Å². The summed E-state index contributed by atoms with van der Waals surface area (Å²) in [6.07, 6.45) is 1.72. The van der Waals surface area contributed by atoms with Crippen molar-refractivity contribution in [2.45, 2.75) is 71.7 Å². The van der Waals surface area contributed by atoms with Gasteiger partial charge in [0.1, 0.15) is 11.5 Å². The molecule has 5 atom stereocenters. The molecule has 0 bridgehead atoms. The molecule has 4 heteroatoms. The number of aliphatic hydroxyl groups is 1. The summed E-state index contributed by atoms with van der Waals surface area (Å²) < 4.78 is 5.84. The molecular weight excluding hydrogens is 288 g/mol. The first-order valence-corrected chi connectivity index (χ1v) is 8.95. The first-order valence-electron chi connectivity index (χ1n) is 8.95. The minimum absolute atomic E-state index is 0.132. The number of aryl methyl sites for hydroxylation is 2. The summed E-state index contributed by atoms with van der Waals surface area (Å²) in [5, 5.41) is 14.2. The van der Waals surface area contributed by atoms with E-state index in [1.54, 1.807) is 0 Å². The van der Waals surface area contributed by atoms with E-state index in [4.69, 9.17) is 4.42 Å². The van der Waals surface area contributed by atoms with Crippen LogP contribution in [0.5, 0.6) is 0 Å². The minimum Gasteiger partial charge on any atom is -0.464 e. The Bertz CT molecular complexity index is 543. The van der Waals surface area contributed by atoms with Crippen LogP contribution in [0.4, 0.5) is 0 Å². The lowest BCUT2D eigenvalue weighted by Crippen LogP contribution is -2.64. The predicted molar refractivity (Wildman–Crippen MR) is 92.5 cm³/mol. The molecule has 1 aliphatic carbocycles. The number of aliphatic hydroxyl groups excluding tert-OH is 1. The molecule has 2 N–H and O–H groups in total. The third-order valence-corrected chi connectivity index (χ3v) is 6.08. The van der Waals surface area contributed by atoms with Gasteiger partial charge in [-0.15, -0.1) is 0 Å². The van der Waals surface area contributed by atoms with Crippen molar-refractivity contribution >= 4 is 0 Å². The van der Waals surface area contributed by atoms with Crippen LogP contribution in [-0.4, -0.2) is 41.8 Å². The average molecular weight is 320 g/mol. The molecule has 1 spiro atoms. The summed E-state index contributed by atoms with van der Waals surface area (Å²) in [4.78, 5) is 2.45. The van der Waals surface area contributed by atoms with Gasteiger partial charge in [-0.2, -0.15) is 0 Å². The fourth-order valence-electron chi connectivity index (χ4n) is 5.23. The van der Waals surface area contributed by atoms with Crippen LogP contribution in [0.2, 0.25) is 0 Å². The molecular formula is C19H32N2O2. The highest BCUT2D eigenvalue weighted by atomic mass is 16.3. The van der Waals surface area contributed by atoms with Crippen molar-refractivity contribution in [3.8, 4) is 0 Å². The molecule has 3 rings (SSSR count). The molecule has 1 saturated carbocycles. The number of hydrogen-bond donors (Lipinski definition) is 2. The highest BCUT2D eigenvalue weighted by molar-refractivity contribution is 5.21. The highest BCUT2D eigenvalue weighted by Crippen LogP contribution is 2.52. The third-order valence-electron chi connectivity index (χ3n) is 6.08. The summed E-state index contributed by atoms with van der Waals surface area (Å²) in [6, 6.07) is 2.99. The van der Waals surface area contributed by atoms with Crippen LogP contribution in [0, 0.1) is 25.2 Å². The van der Waals surface area contributed by atoms with Crippen LogP contribution >= 0.6 is 0 Å². The summed E-state index contributed by atoms with van der Waals surface area (Å²) in [5.74, 6) is 2.59. The number of nitrogens with zero attached hydrogens (tertiary/aromatic N) is 1. The largest absolute Gasteiger partial charge is 0.464 e. The van der Waals surface area contributed by atoms with E-state index in [0.717, 1.165) is 30.9 Å². The monoisotopic (exact) mass is 320 g/mol. The van der Waals surface area contributed by atoms with Gasteiger partial charge in [0.2, 0.25) is 0 Å². The lowest BCUT2D eigenvalue weighted by Gasteiger charge is -2.57. The van der Waals surface area contributed by atoms with Gasteiger partial charge in [0.25, 0.3) is 0 Å². The summed E-state index contributed by atoms with van der Waals surface area (Å²) in [7, 11) is 2.21. The number of likely N-dealkylation sites (tertiary alicyclic amines) is 1. The maximum absolute atomic E-state index is 10.6. The van der Waals surface area contributed by atoms with Crippen LogP contribution in [0.15, 0.2) is 10.5 Å². The third kappa shape index (κ3) is 2.86.